The van der Waals surface area contributed by atoms with Crippen molar-refractivity contribution in [2.75, 3.05) is 32.6 Å². The van der Waals surface area contributed by atoms with Gasteiger partial charge in [-0.3, -0.25) is 0 Å². The Labute approximate surface area is 141 Å². The summed E-state index contributed by atoms with van der Waals surface area (Å²) in [6.07, 6.45) is 3.26. The summed E-state index contributed by atoms with van der Waals surface area (Å²) in [5.74, 6) is 0.756. The number of hydrogen-bond donors (Lipinski definition) is 2. The summed E-state index contributed by atoms with van der Waals surface area (Å²) < 4.78 is 1.68. The second-order valence-corrected chi connectivity index (χ2v) is 5.82. The molecule has 0 fully saturated rings. The minimum absolute atomic E-state index is 0.0280. The van der Waals surface area contributed by atoms with Crippen molar-refractivity contribution in [3.8, 4) is 0 Å². The predicted molar refractivity (Wildman–Crippen MR) is 93.8 cm³/mol. The van der Waals surface area contributed by atoms with Gasteiger partial charge in [-0.1, -0.05) is 30.3 Å². The van der Waals surface area contributed by atoms with Crippen molar-refractivity contribution < 1.29 is 5.11 Å². The molecule has 126 valence electrons. The molecular weight excluding hydrogens is 304 g/mol. The Hall–Kier alpha value is -2.51. The number of aliphatic hydroxyl groups excluding tert-OH is 1. The van der Waals surface area contributed by atoms with Crippen LogP contribution >= 0.6 is 0 Å². The molecule has 2 N–H and O–H groups in total. The fourth-order valence-electron chi connectivity index (χ4n) is 2.76. The molecule has 0 unspecified atom stereocenters. The maximum absolute atomic E-state index is 9.10. The molecule has 1 aromatic carbocycles. The third kappa shape index (κ3) is 3.37. The van der Waals surface area contributed by atoms with Crippen LogP contribution in [0.25, 0.3) is 11.0 Å². The Kier molecular flexibility index (Phi) is 5.02. The van der Waals surface area contributed by atoms with Gasteiger partial charge in [0.15, 0.2) is 5.65 Å². The molecule has 0 saturated carbocycles. The van der Waals surface area contributed by atoms with E-state index in [2.05, 4.69) is 51.5 Å². The van der Waals surface area contributed by atoms with E-state index in [4.69, 9.17) is 5.11 Å². The van der Waals surface area contributed by atoms with Crippen LogP contribution in [-0.4, -0.2) is 57.0 Å². The van der Waals surface area contributed by atoms with Crippen LogP contribution in [-0.2, 0) is 6.54 Å². The predicted octanol–water partition coefficient (Wildman–Crippen LogP) is 1.53. The number of benzene rings is 1. The van der Waals surface area contributed by atoms with E-state index in [-0.39, 0.29) is 12.6 Å². The van der Waals surface area contributed by atoms with E-state index < -0.39 is 0 Å². The summed E-state index contributed by atoms with van der Waals surface area (Å²) >= 11 is 0. The van der Waals surface area contributed by atoms with Crippen molar-refractivity contribution in [2.45, 2.75) is 12.6 Å². The maximum Gasteiger partial charge on any atom is 0.163 e. The lowest BCUT2D eigenvalue weighted by Gasteiger charge is -2.25. The van der Waals surface area contributed by atoms with Gasteiger partial charge in [0.05, 0.1) is 30.8 Å². The number of fused-ring (bicyclic) bond motifs is 1. The van der Waals surface area contributed by atoms with E-state index in [1.807, 2.05) is 18.2 Å². The number of nitrogens with one attached hydrogen (secondary N) is 1. The minimum Gasteiger partial charge on any atom is -0.394 e. The summed E-state index contributed by atoms with van der Waals surface area (Å²) in [7, 11) is 4.13. The topological polar surface area (TPSA) is 79.1 Å². The molecule has 0 aliphatic rings. The molecule has 0 radical (unpaired) electrons. The van der Waals surface area contributed by atoms with Gasteiger partial charge in [0.25, 0.3) is 0 Å². The first-order valence-electron chi connectivity index (χ1n) is 7.93. The summed E-state index contributed by atoms with van der Waals surface area (Å²) in [6.45, 7) is 1.17. The van der Waals surface area contributed by atoms with E-state index in [0.29, 0.717) is 13.1 Å². The summed E-state index contributed by atoms with van der Waals surface area (Å²) in [4.78, 5) is 10.8. The number of aromatic nitrogens is 4. The zero-order valence-electron chi connectivity index (χ0n) is 13.9. The smallest absolute Gasteiger partial charge is 0.163 e. The first-order chi connectivity index (χ1) is 11.7. The maximum atomic E-state index is 9.10. The fourth-order valence-corrected chi connectivity index (χ4v) is 2.76. The van der Waals surface area contributed by atoms with Crippen molar-refractivity contribution in [3.05, 3.63) is 48.4 Å². The van der Waals surface area contributed by atoms with E-state index >= 15 is 0 Å². The molecule has 1 atom stereocenters. The molecule has 7 heteroatoms. The van der Waals surface area contributed by atoms with Crippen LogP contribution in [0.5, 0.6) is 0 Å². The van der Waals surface area contributed by atoms with Crippen molar-refractivity contribution >= 4 is 16.9 Å². The zero-order chi connectivity index (χ0) is 16.9. The highest BCUT2D eigenvalue weighted by Crippen LogP contribution is 2.22. The fraction of sp³-hybridized carbons (Fsp3) is 0.353. The molecule has 0 aliphatic carbocycles. The molecule has 24 heavy (non-hydrogen) atoms. The Morgan fingerprint density at radius 2 is 2.00 bits per heavy atom. The third-order valence-corrected chi connectivity index (χ3v) is 4.02. The van der Waals surface area contributed by atoms with Crippen molar-refractivity contribution in [3.63, 3.8) is 0 Å². The average Bonchev–Trinajstić information content (AvgIpc) is 3.00. The van der Waals surface area contributed by atoms with Crippen LogP contribution in [0.15, 0.2) is 42.9 Å². The van der Waals surface area contributed by atoms with Crippen molar-refractivity contribution in [1.82, 2.24) is 24.6 Å². The molecule has 0 aliphatic heterocycles. The van der Waals surface area contributed by atoms with E-state index in [0.717, 1.165) is 16.9 Å². The molecule has 2 heterocycles. The van der Waals surface area contributed by atoms with Gasteiger partial charge in [0, 0.05) is 6.54 Å². The standard InChI is InChI=1S/C17H22N6O/c1-22(2)15(13-6-4-3-5-7-13)11-18-16-14-10-21-23(8-9-24)17(14)20-12-19-16/h3-7,10,12,15,24H,8-9,11H2,1-2H3,(H,18,19,20)/t15-/m0/s1. The van der Waals surface area contributed by atoms with E-state index in [9.17, 15) is 0 Å². The minimum atomic E-state index is 0.0280. The average molecular weight is 326 g/mol. The second kappa shape index (κ2) is 7.37. The molecule has 0 bridgehead atoms. The van der Waals surface area contributed by atoms with Gasteiger partial charge in [-0.15, -0.1) is 0 Å². The molecule has 2 aromatic heterocycles. The summed E-state index contributed by atoms with van der Waals surface area (Å²) in [5, 5.41) is 17.6. The zero-order valence-corrected chi connectivity index (χ0v) is 13.9. The first kappa shape index (κ1) is 16.4. The van der Waals surface area contributed by atoms with Gasteiger partial charge >= 0.3 is 0 Å². The van der Waals surface area contributed by atoms with Crippen LogP contribution < -0.4 is 5.32 Å². The number of anilines is 1. The Bertz CT molecular complexity index is 786. The van der Waals surface area contributed by atoms with Gasteiger partial charge in [-0.25, -0.2) is 14.6 Å². The van der Waals surface area contributed by atoms with Crippen LogP contribution in [0.1, 0.15) is 11.6 Å². The Morgan fingerprint density at radius 1 is 1.21 bits per heavy atom. The quantitative estimate of drug-likeness (QED) is 0.685. The Balaban J connectivity index is 1.82. The highest BCUT2D eigenvalue weighted by molar-refractivity contribution is 5.86. The number of likely N-dealkylation sites (N-methyl/N-ethyl adjacent to an activating group) is 1. The monoisotopic (exact) mass is 326 g/mol. The second-order valence-electron chi connectivity index (χ2n) is 5.82. The van der Waals surface area contributed by atoms with E-state index in [1.54, 1.807) is 10.9 Å². The van der Waals surface area contributed by atoms with Crippen LogP contribution in [0.3, 0.4) is 0 Å². The lowest BCUT2D eigenvalue weighted by molar-refractivity contribution is 0.271. The molecule has 3 aromatic rings. The van der Waals surface area contributed by atoms with Gasteiger partial charge in [0.1, 0.15) is 12.1 Å². The third-order valence-electron chi connectivity index (χ3n) is 4.02. The SMILES string of the molecule is CN(C)[C@@H](CNc1ncnc2c1cnn2CCO)c1ccccc1. The highest BCUT2D eigenvalue weighted by atomic mass is 16.3. The molecule has 0 amide bonds. The number of nitrogens with zero attached hydrogens (tertiary/aromatic N) is 5. The normalized spacial score (nSPS) is 12.7. The van der Waals surface area contributed by atoms with Gasteiger partial charge in [-0.05, 0) is 19.7 Å². The molecule has 7 nitrogen and oxygen atoms in total. The molecular formula is C17H22N6O. The van der Waals surface area contributed by atoms with Gasteiger partial charge < -0.3 is 15.3 Å². The molecule has 3 rings (SSSR count). The number of hydrogen-bond acceptors (Lipinski definition) is 6. The molecule has 0 saturated heterocycles. The van der Waals surface area contributed by atoms with Crippen LogP contribution in [0, 0.1) is 0 Å². The van der Waals surface area contributed by atoms with Gasteiger partial charge in [0.2, 0.25) is 0 Å². The Morgan fingerprint density at radius 3 is 2.71 bits per heavy atom. The summed E-state index contributed by atoms with van der Waals surface area (Å²) in [5.41, 5.74) is 1.97. The van der Waals surface area contributed by atoms with Crippen LogP contribution in [0.4, 0.5) is 5.82 Å². The van der Waals surface area contributed by atoms with Crippen LogP contribution in [0.2, 0.25) is 0 Å². The number of rotatable bonds is 7. The first-order valence-corrected chi connectivity index (χ1v) is 7.93. The lowest BCUT2D eigenvalue weighted by atomic mass is 10.1. The van der Waals surface area contributed by atoms with Crippen molar-refractivity contribution in [2.24, 2.45) is 0 Å². The summed E-state index contributed by atoms with van der Waals surface area (Å²) in [6, 6.07) is 10.6. The largest absolute Gasteiger partial charge is 0.394 e. The number of aliphatic hydroxyl groups is 1. The van der Waals surface area contributed by atoms with Gasteiger partial charge in [-0.2, -0.15) is 5.10 Å². The highest BCUT2D eigenvalue weighted by Gasteiger charge is 2.15. The lowest BCUT2D eigenvalue weighted by Crippen LogP contribution is -2.27. The van der Waals surface area contributed by atoms with E-state index in [1.165, 1.54) is 11.9 Å². The van der Waals surface area contributed by atoms with Crippen molar-refractivity contribution in [1.29, 1.82) is 0 Å². The molecule has 0 spiro atoms.